The Morgan fingerprint density at radius 1 is 1.07 bits per heavy atom. The van der Waals surface area contributed by atoms with Crippen LogP contribution in [0.2, 0.25) is 0 Å². The zero-order valence-corrected chi connectivity index (χ0v) is 16.4. The minimum atomic E-state index is -0.0868. The molecule has 1 atom stereocenters. The van der Waals surface area contributed by atoms with Gasteiger partial charge in [0, 0.05) is 12.8 Å². The smallest absolute Gasteiger partial charge is 0.241 e. The van der Waals surface area contributed by atoms with Crippen LogP contribution in [-0.4, -0.2) is 32.2 Å². The summed E-state index contributed by atoms with van der Waals surface area (Å²) in [5, 5.41) is 6.22. The fraction of sp³-hybridized carbons (Fsp3) is 0.381. The van der Waals surface area contributed by atoms with Crippen LogP contribution in [-0.2, 0) is 16.0 Å². The maximum atomic E-state index is 12.2. The molecule has 1 amide bonds. The average Bonchev–Trinajstić information content (AvgIpc) is 2.69. The van der Waals surface area contributed by atoms with Gasteiger partial charge in [0.1, 0.15) is 11.5 Å². The highest BCUT2D eigenvalue weighted by Crippen LogP contribution is 2.23. The van der Waals surface area contributed by atoms with Crippen molar-refractivity contribution in [2.45, 2.75) is 31.7 Å². The van der Waals surface area contributed by atoms with Crippen LogP contribution in [0.5, 0.6) is 11.5 Å². The number of carbonyl (C=O) groups is 1. The van der Waals surface area contributed by atoms with Crippen molar-refractivity contribution in [2.24, 2.45) is 0 Å². The number of methoxy groups -OCH3 is 1. The van der Waals surface area contributed by atoms with E-state index in [9.17, 15) is 4.79 Å². The first-order valence-corrected chi connectivity index (χ1v) is 9.14. The molecular formula is C21H27ClN2O3. The maximum Gasteiger partial charge on any atom is 0.241 e. The monoisotopic (exact) mass is 390 g/mol. The van der Waals surface area contributed by atoms with E-state index in [0.29, 0.717) is 6.61 Å². The van der Waals surface area contributed by atoms with E-state index in [1.807, 2.05) is 48.5 Å². The Morgan fingerprint density at radius 2 is 1.74 bits per heavy atom. The second-order valence-electron chi connectivity index (χ2n) is 6.50. The number of amides is 1. The second-order valence-corrected chi connectivity index (χ2v) is 6.50. The summed E-state index contributed by atoms with van der Waals surface area (Å²) >= 11 is 0. The third kappa shape index (κ3) is 6.54. The number of hydrogen-bond donors (Lipinski definition) is 2. The molecule has 0 bridgehead atoms. The van der Waals surface area contributed by atoms with Crippen molar-refractivity contribution < 1.29 is 14.3 Å². The van der Waals surface area contributed by atoms with E-state index in [2.05, 4.69) is 10.6 Å². The van der Waals surface area contributed by atoms with E-state index in [1.165, 1.54) is 5.56 Å². The third-order valence-corrected chi connectivity index (χ3v) is 4.50. The number of hydrogen-bond acceptors (Lipinski definition) is 4. The molecule has 0 aromatic heterocycles. The van der Waals surface area contributed by atoms with Gasteiger partial charge in [-0.15, -0.1) is 12.4 Å². The number of rotatable bonds is 7. The molecule has 0 radical (unpaired) electrons. The molecule has 3 rings (SSSR count). The summed E-state index contributed by atoms with van der Waals surface area (Å²) in [6.45, 7) is 1.62. The van der Waals surface area contributed by atoms with E-state index in [1.54, 1.807) is 7.11 Å². The highest BCUT2D eigenvalue weighted by Gasteiger charge is 2.20. The number of nitrogens with one attached hydrogen (secondary N) is 2. The Morgan fingerprint density at radius 3 is 2.33 bits per heavy atom. The summed E-state index contributed by atoms with van der Waals surface area (Å²) in [7, 11) is 1.70. The van der Waals surface area contributed by atoms with Gasteiger partial charge in [0.25, 0.3) is 0 Å². The van der Waals surface area contributed by atoms with Crippen LogP contribution in [0.1, 0.15) is 24.8 Å². The van der Waals surface area contributed by atoms with E-state index in [4.69, 9.17) is 9.47 Å². The predicted molar refractivity (Wildman–Crippen MR) is 110 cm³/mol. The fourth-order valence-electron chi connectivity index (χ4n) is 2.99. The van der Waals surface area contributed by atoms with E-state index in [-0.39, 0.29) is 24.4 Å². The number of carbonyl (C=O) groups excluding carboxylic acids is 1. The van der Waals surface area contributed by atoms with Crippen molar-refractivity contribution in [2.75, 3.05) is 25.6 Å². The molecule has 0 saturated carbocycles. The van der Waals surface area contributed by atoms with Crippen molar-refractivity contribution in [3.63, 3.8) is 0 Å². The summed E-state index contributed by atoms with van der Waals surface area (Å²) < 4.78 is 10.9. The SMILES string of the molecule is COCCc1ccc(Oc2ccc(NC(=O)C3CCCCN3)cc2)cc1.Cl. The van der Waals surface area contributed by atoms with E-state index < -0.39 is 0 Å². The Bertz CT molecular complexity index is 698. The van der Waals surface area contributed by atoms with E-state index >= 15 is 0 Å². The molecule has 1 heterocycles. The second kappa shape index (κ2) is 10.9. The third-order valence-electron chi connectivity index (χ3n) is 4.50. The quantitative estimate of drug-likeness (QED) is 0.744. The minimum Gasteiger partial charge on any atom is -0.457 e. The Hall–Kier alpha value is -2.08. The number of halogens is 1. The fourth-order valence-corrected chi connectivity index (χ4v) is 2.99. The van der Waals surface area contributed by atoms with Crippen LogP contribution >= 0.6 is 12.4 Å². The molecule has 1 aliphatic heterocycles. The Labute approximate surface area is 166 Å². The van der Waals surface area contributed by atoms with Crippen LogP contribution < -0.4 is 15.4 Å². The highest BCUT2D eigenvalue weighted by atomic mass is 35.5. The molecule has 5 nitrogen and oxygen atoms in total. The topological polar surface area (TPSA) is 59.6 Å². The lowest BCUT2D eigenvalue weighted by Gasteiger charge is -2.22. The van der Waals surface area contributed by atoms with Gasteiger partial charge in [0.05, 0.1) is 12.6 Å². The summed E-state index contributed by atoms with van der Waals surface area (Å²) in [6.07, 6.45) is 4.03. The first-order valence-electron chi connectivity index (χ1n) is 9.14. The predicted octanol–water partition coefficient (Wildman–Crippen LogP) is 4.17. The van der Waals surface area contributed by atoms with Gasteiger partial charge >= 0.3 is 0 Å². The van der Waals surface area contributed by atoms with Gasteiger partial charge in [-0.2, -0.15) is 0 Å². The van der Waals surface area contributed by atoms with E-state index in [0.717, 1.165) is 49.4 Å². The highest BCUT2D eigenvalue weighted by molar-refractivity contribution is 5.94. The number of anilines is 1. The van der Waals surface area contributed by atoms with Gasteiger partial charge in [-0.3, -0.25) is 4.79 Å². The lowest BCUT2D eigenvalue weighted by Crippen LogP contribution is -2.43. The zero-order valence-electron chi connectivity index (χ0n) is 15.6. The molecule has 1 unspecified atom stereocenters. The molecule has 1 aliphatic rings. The van der Waals surface area contributed by atoms with Crippen molar-refractivity contribution in [3.05, 3.63) is 54.1 Å². The first-order chi connectivity index (χ1) is 12.7. The Kier molecular flexibility index (Phi) is 8.58. The molecule has 6 heteroatoms. The van der Waals surface area contributed by atoms with Gasteiger partial charge in [-0.25, -0.2) is 0 Å². The van der Waals surface area contributed by atoms with Crippen molar-refractivity contribution in [1.29, 1.82) is 0 Å². The first kappa shape index (κ1) is 21.2. The Balaban J connectivity index is 0.00000261. The lowest BCUT2D eigenvalue weighted by molar-refractivity contribution is -0.118. The molecular weight excluding hydrogens is 364 g/mol. The molecule has 2 aromatic rings. The number of piperidine rings is 1. The lowest BCUT2D eigenvalue weighted by atomic mass is 10.0. The van der Waals surface area contributed by atoms with Gasteiger partial charge < -0.3 is 20.1 Å². The largest absolute Gasteiger partial charge is 0.457 e. The van der Waals surface area contributed by atoms with Gasteiger partial charge in [0.15, 0.2) is 0 Å². The average molecular weight is 391 g/mol. The summed E-state index contributed by atoms with van der Waals surface area (Å²) in [5.41, 5.74) is 2.00. The molecule has 1 saturated heterocycles. The number of benzene rings is 2. The zero-order chi connectivity index (χ0) is 18.2. The molecule has 2 N–H and O–H groups in total. The van der Waals surface area contributed by atoms with Crippen LogP contribution in [0.4, 0.5) is 5.69 Å². The molecule has 2 aromatic carbocycles. The summed E-state index contributed by atoms with van der Waals surface area (Å²) in [5.74, 6) is 1.56. The normalized spacial score (nSPS) is 16.3. The summed E-state index contributed by atoms with van der Waals surface area (Å²) in [6, 6.07) is 15.4. The van der Waals surface area contributed by atoms with Crippen molar-refractivity contribution >= 4 is 24.0 Å². The van der Waals surface area contributed by atoms with Crippen LogP contribution in [0.15, 0.2) is 48.5 Å². The molecule has 1 fully saturated rings. The van der Waals surface area contributed by atoms with Crippen molar-refractivity contribution in [1.82, 2.24) is 5.32 Å². The van der Waals surface area contributed by atoms with Crippen LogP contribution in [0, 0.1) is 0 Å². The summed E-state index contributed by atoms with van der Waals surface area (Å²) in [4.78, 5) is 12.2. The molecule has 0 aliphatic carbocycles. The molecule has 27 heavy (non-hydrogen) atoms. The molecule has 146 valence electrons. The van der Waals surface area contributed by atoms with Crippen molar-refractivity contribution in [3.8, 4) is 11.5 Å². The molecule has 0 spiro atoms. The van der Waals surface area contributed by atoms with Crippen LogP contribution in [0.25, 0.3) is 0 Å². The van der Waals surface area contributed by atoms with Crippen LogP contribution in [0.3, 0.4) is 0 Å². The minimum absolute atomic E-state index is 0. The van der Waals surface area contributed by atoms with Gasteiger partial charge in [0.2, 0.25) is 5.91 Å². The van der Waals surface area contributed by atoms with Gasteiger partial charge in [-0.1, -0.05) is 18.6 Å². The number of ether oxygens (including phenoxy) is 2. The van der Waals surface area contributed by atoms with Gasteiger partial charge in [-0.05, 0) is 67.8 Å². The maximum absolute atomic E-state index is 12.2. The standard InChI is InChI=1S/C21H26N2O3.ClH/c1-25-15-13-16-5-9-18(10-6-16)26-19-11-7-17(8-12-19)23-21(24)20-4-2-3-14-22-20;/h5-12,20,22H,2-4,13-15H2,1H3,(H,23,24);1H.